The summed E-state index contributed by atoms with van der Waals surface area (Å²) in [5, 5.41) is 16.5. The van der Waals surface area contributed by atoms with Crippen LogP contribution in [-0.2, 0) is 36.7 Å². The molecule has 0 unspecified atom stereocenters. The number of furan rings is 1. The standard InChI is InChI=1S/C33H31N2O.C13H24O2.Ir/c1-19(2)16-21-11-9-13-26-24(21)14-15-27-29-30(34-20(3)35-32(29)36-31(26)27)23-17-22-10-7-8-12-25(22)28(18-23)33(4,5)6;1-5-10(6-2)12(14)9-13(15)11(7-3)8-4;/h7-15,18-19H,16H2,1-6H3;9-11,14H,5-8H2,1-4H3;/q-1;;/b;12-9-;. The van der Waals surface area contributed by atoms with Crippen LogP contribution >= 0.6 is 0 Å². The molecule has 1 N–H and O–H groups in total. The molecule has 277 valence electrons. The minimum absolute atomic E-state index is 0. The number of nitrogens with zero attached hydrogens (tertiary/aromatic N) is 2. The van der Waals surface area contributed by atoms with Crippen LogP contribution in [0.3, 0.4) is 0 Å². The first-order valence-corrected chi connectivity index (χ1v) is 18.8. The van der Waals surface area contributed by atoms with Gasteiger partial charge in [0.05, 0.1) is 5.76 Å². The normalized spacial score (nSPS) is 12.3. The van der Waals surface area contributed by atoms with Gasteiger partial charge in [-0.2, -0.15) is 4.98 Å². The number of hydrogen-bond acceptors (Lipinski definition) is 5. The number of aliphatic hydroxyl groups excluding tert-OH is 1. The van der Waals surface area contributed by atoms with Crippen molar-refractivity contribution in [1.29, 1.82) is 0 Å². The Labute approximate surface area is 323 Å². The molecule has 52 heavy (non-hydrogen) atoms. The van der Waals surface area contributed by atoms with Crippen LogP contribution in [0.25, 0.3) is 54.9 Å². The fourth-order valence-corrected chi connectivity index (χ4v) is 7.23. The Morgan fingerprint density at radius 2 is 1.48 bits per heavy atom. The van der Waals surface area contributed by atoms with Gasteiger partial charge in [0.1, 0.15) is 11.4 Å². The molecule has 0 aliphatic heterocycles. The molecule has 6 aromatic rings. The maximum Gasteiger partial charge on any atom is 0.223 e. The number of carbonyl (C=O) groups excluding carboxylic acids is 1. The van der Waals surface area contributed by atoms with Crippen molar-refractivity contribution >= 4 is 49.4 Å². The number of carbonyl (C=O) groups is 1. The fourth-order valence-electron chi connectivity index (χ4n) is 7.23. The maximum atomic E-state index is 11.7. The smallest absolute Gasteiger partial charge is 0.223 e. The molecule has 4 aromatic carbocycles. The average molecular weight is 876 g/mol. The van der Waals surface area contributed by atoms with Crippen LogP contribution < -0.4 is 0 Å². The number of rotatable bonds is 10. The van der Waals surface area contributed by atoms with E-state index in [1.807, 2.05) is 34.6 Å². The number of aromatic nitrogens is 2. The summed E-state index contributed by atoms with van der Waals surface area (Å²) >= 11 is 0. The molecule has 0 spiro atoms. The van der Waals surface area contributed by atoms with E-state index in [0.717, 1.165) is 70.5 Å². The van der Waals surface area contributed by atoms with E-state index in [-0.39, 0.29) is 48.9 Å². The zero-order valence-corrected chi connectivity index (χ0v) is 35.0. The molecular weight excluding hydrogens is 821 g/mol. The van der Waals surface area contributed by atoms with Gasteiger partial charge in [0.25, 0.3) is 0 Å². The molecule has 5 nitrogen and oxygen atoms in total. The van der Waals surface area contributed by atoms with E-state index >= 15 is 0 Å². The largest absolute Gasteiger partial charge is 0.512 e. The van der Waals surface area contributed by atoms with Gasteiger partial charge in [-0.1, -0.05) is 122 Å². The number of benzene rings is 4. The molecule has 2 aromatic heterocycles. The molecule has 0 aliphatic carbocycles. The van der Waals surface area contributed by atoms with Crippen molar-refractivity contribution in [1.82, 2.24) is 9.97 Å². The third kappa shape index (κ3) is 8.67. The molecular formula is C46H55IrN2O3-. The third-order valence-electron chi connectivity index (χ3n) is 10.1. The molecule has 0 saturated heterocycles. The monoisotopic (exact) mass is 876 g/mol. The minimum Gasteiger partial charge on any atom is -0.512 e. The van der Waals surface area contributed by atoms with Crippen LogP contribution in [-0.4, -0.2) is 20.9 Å². The van der Waals surface area contributed by atoms with Crippen molar-refractivity contribution in [2.75, 3.05) is 0 Å². The molecule has 6 heteroatoms. The number of hydrogen-bond donors (Lipinski definition) is 1. The van der Waals surface area contributed by atoms with Gasteiger partial charge in [0.2, 0.25) is 5.71 Å². The number of allylic oxidation sites excluding steroid dienone is 2. The second kappa shape index (κ2) is 17.3. The van der Waals surface area contributed by atoms with Gasteiger partial charge in [0, 0.05) is 59.9 Å². The summed E-state index contributed by atoms with van der Waals surface area (Å²) < 4.78 is 6.49. The van der Waals surface area contributed by atoms with E-state index in [2.05, 4.69) is 101 Å². The van der Waals surface area contributed by atoms with E-state index in [4.69, 9.17) is 14.4 Å². The van der Waals surface area contributed by atoms with Gasteiger partial charge in [-0.25, -0.2) is 0 Å². The molecule has 0 amide bonds. The van der Waals surface area contributed by atoms with Crippen molar-refractivity contribution in [3.05, 3.63) is 95.5 Å². The van der Waals surface area contributed by atoms with Crippen molar-refractivity contribution in [3.63, 3.8) is 0 Å². The van der Waals surface area contributed by atoms with Crippen molar-refractivity contribution in [2.24, 2.45) is 17.8 Å². The topological polar surface area (TPSA) is 76.2 Å². The zero-order valence-electron chi connectivity index (χ0n) is 32.6. The SMILES string of the molecule is CCC(CC)C(=O)/C=C(\O)C(CC)CC.Cc1nc(-c2[c-]c3ccccc3c(C(C)(C)C)c2)c2c(n1)oc1c3cccc(CC(C)C)c3ccc12.[Ir]. The number of fused-ring (bicyclic) bond motifs is 6. The molecule has 6 rings (SSSR count). The first-order valence-electron chi connectivity index (χ1n) is 18.8. The second-order valence-electron chi connectivity index (χ2n) is 15.3. The summed E-state index contributed by atoms with van der Waals surface area (Å²) in [6.07, 6.45) is 5.94. The van der Waals surface area contributed by atoms with Gasteiger partial charge >= 0.3 is 0 Å². The zero-order chi connectivity index (χ0) is 37.0. The Morgan fingerprint density at radius 1 is 0.846 bits per heavy atom. The van der Waals surface area contributed by atoms with Crippen LogP contribution in [0.5, 0.6) is 0 Å². The predicted octanol–water partition coefficient (Wildman–Crippen LogP) is 12.8. The first kappa shape index (κ1) is 40.9. The molecule has 0 saturated carbocycles. The van der Waals surface area contributed by atoms with E-state index in [0.29, 0.717) is 17.5 Å². The first-order chi connectivity index (χ1) is 24.3. The predicted molar refractivity (Wildman–Crippen MR) is 214 cm³/mol. The van der Waals surface area contributed by atoms with Crippen molar-refractivity contribution in [2.45, 2.75) is 107 Å². The number of aryl methyl sites for hydroxylation is 1. The molecule has 0 atom stereocenters. The average Bonchev–Trinajstić information content (AvgIpc) is 3.47. The number of ketones is 1. The van der Waals surface area contributed by atoms with Crippen LogP contribution in [0.15, 0.2) is 76.9 Å². The Bertz CT molecular complexity index is 2200. The van der Waals surface area contributed by atoms with Crippen molar-refractivity contribution < 1.29 is 34.4 Å². The maximum absolute atomic E-state index is 11.7. The van der Waals surface area contributed by atoms with E-state index in [1.54, 1.807) is 0 Å². The summed E-state index contributed by atoms with van der Waals surface area (Å²) in [4.78, 5) is 21.4. The van der Waals surface area contributed by atoms with Gasteiger partial charge in [-0.15, -0.1) is 29.1 Å². The number of aliphatic hydroxyl groups is 1. The molecule has 0 bridgehead atoms. The second-order valence-corrected chi connectivity index (χ2v) is 15.3. The van der Waals surface area contributed by atoms with Crippen molar-refractivity contribution in [3.8, 4) is 11.3 Å². The van der Waals surface area contributed by atoms with Gasteiger partial charge in [0.15, 0.2) is 5.78 Å². The van der Waals surface area contributed by atoms with Crippen LogP contribution in [0.1, 0.15) is 105 Å². The molecule has 0 fully saturated rings. The summed E-state index contributed by atoms with van der Waals surface area (Å²) in [6, 6.07) is 25.3. The van der Waals surface area contributed by atoms with E-state index in [1.165, 1.54) is 28.0 Å². The Morgan fingerprint density at radius 3 is 2.12 bits per heavy atom. The summed E-state index contributed by atoms with van der Waals surface area (Å²) in [7, 11) is 0. The molecule has 2 heterocycles. The summed E-state index contributed by atoms with van der Waals surface area (Å²) in [5.41, 5.74) is 5.99. The van der Waals surface area contributed by atoms with E-state index in [9.17, 15) is 9.90 Å². The van der Waals surface area contributed by atoms with Gasteiger partial charge in [-0.05, 0) is 61.3 Å². The summed E-state index contributed by atoms with van der Waals surface area (Å²) in [5.74, 6) is 1.83. The summed E-state index contributed by atoms with van der Waals surface area (Å²) in [6.45, 7) is 21.3. The van der Waals surface area contributed by atoms with Gasteiger partial charge in [-0.3, -0.25) is 9.78 Å². The minimum atomic E-state index is -0.0217. The Kier molecular flexibility index (Phi) is 13.6. The molecule has 0 aliphatic rings. The van der Waals surface area contributed by atoms with Crippen LogP contribution in [0.2, 0.25) is 0 Å². The molecule has 1 radical (unpaired) electrons. The Balaban J connectivity index is 0.000000323. The van der Waals surface area contributed by atoms with E-state index < -0.39 is 0 Å². The third-order valence-corrected chi connectivity index (χ3v) is 10.1. The van der Waals surface area contributed by atoms with Crippen LogP contribution in [0.4, 0.5) is 0 Å². The fraction of sp³-hybridized carbons (Fsp3) is 0.413. The van der Waals surface area contributed by atoms with Crippen LogP contribution in [0, 0.1) is 30.7 Å². The quantitative estimate of drug-likeness (QED) is 0.0843. The Hall–Kier alpha value is -3.86. The van der Waals surface area contributed by atoms with Gasteiger partial charge < -0.3 is 9.52 Å².